The van der Waals surface area contributed by atoms with Gasteiger partial charge in [0.2, 0.25) is 11.8 Å². The van der Waals surface area contributed by atoms with Crippen LogP contribution in [0.3, 0.4) is 0 Å². The Bertz CT molecular complexity index is 956. The first-order valence-corrected chi connectivity index (χ1v) is 12.8. The number of hydrogen-bond acceptors (Lipinski definition) is 5. The van der Waals surface area contributed by atoms with Crippen molar-refractivity contribution in [2.24, 2.45) is 5.92 Å². The van der Waals surface area contributed by atoms with Gasteiger partial charge in [-0.1, -0.05) is 49.6 Å². The van der Waals surface area contributed by atoms with Crippen molar-refractivity contribution in [2.45, 2.75) is 52.4 Å². The van der Waals surface area contributed by atoms with E-state index in [0.29, 0.717) is 19.6 Å². The number of unbranched alkanes of at least 4 members (excludes halogenated alkanes) is 1. The standard InChI is InChI=1S/C27H37N5O2/c1-3-4-15-32(27(34)23-7-5-8-23)20-26(33)31-17-6-16-30(18-19-31)25-14-13-24(28-29-25)22-11-9-21(2)10-12-22/h9-14,23H,3-8,15-20H2,1-2H3. The summed E-state index contributed by atoms with van der Waals surface area (Å²) in [6, 6.07) is 12.3. The maximum absolute atomic E-state index is 13.1. The van der Waals surface area contributed by atoms with Gasteiger partial charge < -0.3 is 14.7 Å². The second-order valence-corrected chi connectivity index (χ2v) is 9.61. The van der Waals surface area contributed by atoms with Gasteiger partial charge in [0.15, 0.2) is 5.82 Å². The molecule has 1 saturated carbocycles. The van der Waals surface area contributed by atoms with Gasteiger partial charge in [-0.25, -0.2) is 0 Å². The molecule has 2 fully saturated rings. The second kappa shape index (κ2) is 11.4. The number of amides is 2. The molecule has 7 heteroatoms. The van der Waals surface area contributed by atoms with Crippen LogP contribution in [0, 0.1) is 12.8 Å². The van der Waals surface area contributed by atoms with Crippen molar-refractivity contribution in [1.29, 1.82) is 0 Å². The van der Waals surface area contributed by atoms with Crippen LogP contribution in [0.25, 0.3) is 11.3 Å². The summed E-state index contributed by atoms with van der Waals surface area (Å²) in [5.74, 6) is 1.21. The lowest BCUT2D eigenvalue weighted by Crippen LogP contribution is -2.47. The molecule has 1 aromatic heterocycles. The first-order valence-electron chi connectivity index (χ1n) is 12.8. The minimum atomic E-state index is 0.0615. The van der Waals surface area contributed by atoms with Crippen LogP contribution in [0.1, 0.15) is 51.0 Å². The smallest absolute Gasteiger partial charge is 0.242 e. The van der Waals surface area contributed by atoms with E-state index in [-0.39, 0.29) is 24.3 Å². The number of carbonyl (C=O) groups excluding carboxylic acids is 2. The summed E-state index contributed by atoms with van der Waals surface area (Å²) in [4.78, 5) is 31.9. The van der Waals surface area contributed by atoms with E-state index in [1.807, 2.05) is 21.9 Å². The molecule has 2 aliphatic rings. The van der Waals surface area contributed by atoms with E-state index >= 15 is 0 Å². The molecule has 2 heterocycles. The molecular formula is C27H37N5O2. The molecule has 0 radical (unpaired) electrons. The molecule has 0 bridgehead atoms. The molecule has 2 amide bonds. The number of nitrogens with zero attached hydrogens (tertiary/aromatic N) is 5. The number of benzene rings is 1. The molecule has 1 saturated heterocycles. The predicted octanol–water partition coefficient (Wildman–Crippen LogP) is 3.92. The quantitative estimate of drug-likeness (QED) is 0.594. The van der Waals surface area contributed by atoms with Crippen LogP contribution in [0.5, 0.6) is 0 Å². The molecule has 0 N–H and O–H groups in total. The SMILES string of the molecule is CCCCN(CC(=O)N1CCCN(c2ccc(-c3ccc(C)cc3)nn2)CC1)C(=O)C1CCC1. The first kappa shape index (κ1) is 24.2. The van der Waals surface area contributed by atoms with E-state index in [4.69, 9.17) is 0 Å². The van der Waals surface area contributed by atoms with E-state index in [9.17, 15) is 9.59 Å². The van der Waals surface area contributed by atoms with E-state index in [1.54, 1.807) is 0 Å². The average molecular weight is 464 g/mol. The van der Waals surface area contributed by atoms with Gasteiger partial charge in [-0.05, 0) is 44.7 Å². The molecule has 1 aliphatic heterocycles. The van der Waals surface area contributed by atoms with Crippen LogP contribution in [-0.2, 0) is 9.59 Å². The lowest BCUT2D eigenvalue weighted by Gasteiger charge is -2.32. The highest BCUT2D eigenvalue weighted by atomic mass is 16.2. The van der Waals surface area contributed by atoms with Crippen molar-refractivity contribution in [3.05, 3.63) is 42.0 Å². The van der Waals surface area contributed by atoms with Gasteiger partial charge in [-0.15, -0.1) is 10.2 Å². The number of aromatic nitrogens is 2. The Hall–Kier alpha value is -2.96. The molecule has 0 unspecified atom stereocenters. The van der Waals surface area contributed by atoms with Crippen molar-refractivity contribution >= 4 is 17.6 Å². The summed E-state index contributed by atoms with van der Waals surface area (Å²) in [5, 5.41) is 8.91. The number of anilines is 1. The highest BCUT2D eigenvalue weighted by Crippen LogP contribution is 2.28. The zero-order valence-electron chi connectivity index (χ0n) is 20.6. The third kappa shape index (κ3) is 5.93. The number of rotatable bonds is 8. The van der Waals surface area contributed by atoms with Crippen LogP contribution in [-0.4, -0.2) is 71.1 Å². The molecule has 1 aliphatic carbocycles. The van der Waals surface area contributed by atoms with Gasteiger partial charge >= 0.3 is 0 Å². The van der Waals surface area contributed by atoms with Crippen molar-refractivity contribution in [2.75, 3.05) is 44.2 Å². The zero-order chi connectivity index (χ0) is 23.9. The summed E-state index contributed by atoms with van der Waals surface area (Å²) in [5.41, 5.74) is 3.14. The molecule has 34 heavy (non-hydrogen) atoms. The lowest BCUT2D eigenvalue weighted by atomic mass is 9.84. The van der Waals surface area contributed by atoms with Crippen molar-refractivity contribution < 1.29 is 9.59 Å². The zero-order valence-corrected chi connectivity index (χ0v) is 20.6. The minimum absolute atomic E-state index is 0.0615. The van der Waals surface area contributed by atoms with E-state index in [0.717, 1.165) is 68.7 Å². The predicted molar refractivity (Wildman–Crippen MR) is 134 cm³/mol. The van der Waals surface area contributed by atoms with Crippen LogP contribution < -0.4 is 4.90 Å². The Kier molecular flexibility index (Phi) is 8.14. The molecule has 182 valence electrons. The summed E-state index contributed by atoms with van der Waals surface area (Å²) < 4.78 is 0. The van der Waals surface area contributed by atoms with E-state index in [2.05, 4.69) is 53.2 Å². The first-order chi connectivity index (χ1) is 16.5. The van der Waals surface area contributed by atoms with Crippen LogP contribution in [0.2, 0.25) is 0 Å². The van der Waals surface area contributed by atoms with E-state index < -0.39 is 0 Å². The highest BCUT2D eigenvalue weighted by molar-refractivity contribution is 5.86. The van der Waals surface area contributed by atoms with Gasteiger partial charge in [-0.3, -0.25) is 9.59 Å². The average Bonchev–Trinajstić information content (AvgIpc) is 3.07. The van der Waals surface area contributed by atoms with Crippen LogP contribution in [0.15, 0.2) is 36.4 Å². The highest BCUT2D eigenvalue weighted by Gasteiger charge is 2.31. The Morgan fingerprint density at radius 3 is 2.41 bits per heavy atom. The molecular weight excluding hydrogens is 426 g/mol. The molecule has 7 nitrogen and oxygen atoms in total. The van der Waals surface area contributed by atoms with Gasteiger partial charge in [0.1, 0.15) is 0 Å². The van der Waals surface area contributed by atoms with Crippen molar-refractivity contribution in [3.8, 4) is 11.3 Å². The fraction of sp³-hybridized carbons (Fsp3) is 0.556. The maximum atomic E-state index is 13.1. The topological polar surface area (TPSA) is 69.6 Å². The summed E-state index contributed by atoms with van der Waals surface area (Å²) in [6.07, 6.45) is 5.90. The largest absolute Gasteiger partial charge is 0.353 e. The van der Waals surface area contributed by atoms with E-state index in [1.165, 1.54) is 5.56 Å². The summed E-state index contributed by atoms with van der Waals surface area (Å²) in [6.45, 7) is 7.98. The third-order valence-electron chi connectivity index (χ3n) is 7.04. The minimum Gasteiger partial charge on any atom is -0.353 e. The Morgan fingerprint density at radius 2 is 1.76 bits per heavy atom. The van der Waals surface area contributed by atoms with Gasteiger partial charge in [0, 0.05) is 44.2 Å². The maximum Gasteiger partial charge on any atom is 0.242 e. The molecule has 2 aromatic rings. The number of aryl methyl sites for hydroxylation is 1. The summed E-state index contributed by atoms with van der Waals surface area (Å²) in [7, 11) is 0. The van der Waals surface area contributed by atoms with Gasteiger partial charge in [-0.2, -0.15) is 0 Å². The van der Waals surface area contributed by atoms with Crippen LogP contribution >= 0.6 is 0 Å². The molecule has 0 atom stereocenters. The normalized spacial score (nSPS) is 16.6. The van der Waals surface area contributed by atoms with Gasteiger partial charge in [0.25, 0.3) is 0 Å². The van der Waals surface area contributed by atoms with Crippen molar-refractivity contribution in [3.63, 3.8) is 0 Å². The van der Waals surface area contributed by atoms with Crippen molar-refractivity contribution in [1.82, 2.24) is 20.0 Å². The second-order valence-electron chi connectivity index (χ2n) is 9.61. The third-order valence-corrected chi connectivity index (χ3v) is 7.04. The molecule has 4 rings (SSSR count). The Balaban J connectivity index is 1.34. The molecule has 0 spiro atoms. The lowest BCUT2D eigenvalue weighted by molar-refractivity contribution is -0.144. The summed E-state index contributed by atoms with van der Waals surface area (Å²) >= 11 is 0. The monoisotopic (exact) mass is 463 g/mol. The fourth-order valence-electron chi connectivity index (χ4n) is 4.56. The Labute approximate surface area is 203 Å². The Morgan fingerprint density at radius 1 is 0.971 bits per heavy atom. The fourth-order valence-corrected chi connectivity index (χ4v) is 4.56. The molecule has 1 aromatic carbocycles. The van der Waals surface area contributed by atoms with Crippen LogP contribution in [0.4, 0.5) is 5.82 Å². The number of hydrogen-bond donors (Lipinski definition) is 0. The number of carbonyl (C=O) groups is 2. The van der Waals surface area contributed by atoms with Gasteiger partial charge in [0.05, 0.1) is 12.2 Å².